The maximum atomic E-state index is 15.1. The quantitative estimate of drug-likeness (QED) is 0.673. The van der Waals surface area contributed by atoms with Crippen LogP contribution in [0.1, 0.15) is 35.7 Å². The Morgan fingerprint density at radius 1 is 1.35 bits per heavy atom. The van der Waals surface area contributed by atoms with Crippen LogP contribution in [0.25, 0.3) is 10.9 Å². The van der Waals surface area contributed by atoms with Gasteiger partial charge in [-0.15, -0.1) is 12.4 Å². The largest absolute Gasteiger partial charge is 0.492 e. The Kier molecular flexibility index (Phi) is 5.64. The Bertz CT molecular complexity index is 1120. The van der Waals surface area contributed by atoms with E-state index in [1.54, 1.807) is 0 Å². The van der Waals surface area contributed by atoms with Crippen LogP contribution < -0.4 is 20.8 Å². The van der Waals surface area contributed by atoms with Crippen molar-refractivity contribution in [2.24, 2.45) is 5.73 Å². The molecule has 0 radical (unpaired) electrons. The number of hydrogen-bond donors (Lipinski definition) is 2. The van der Waals surface area contributed by atoms with Crippen LogP contribution in [0.15, 0.2) is 17.1 Å². The molecule has 1 saturated carbocycles. The molecule has 2 fully saturated rings. The molecule has 1 aliphatic carbocycles. The number of anilines is 1. The molecule has 2 heterocycles. The molecule has 1 saturated heterocycles. The van der Waals surface area contributed by atoms with Crippen LogP contribution in [0.4, 0.5) is 23.2 Å². The Hall–Kier alpha value is -2.53. The first-order valence-electron chi connectivity index (χ1n) is 9.27. The van der Waals surface area contributed by atoms with Gasteiger partial charge in [0.25, 0.3) is 0 Å². The number of nitrogens with zero attached hydrogens (tertiary/aromatic N) is 2. The van der Waals surface area contributed by atoms with Crippen LogP contribution in [-0.2, 0) is 0 Å². The lowest BCUT2D eigenvalue weighted by molar-refractivity contribution is -0.179. The molecule has 0 bridgehead atoms. The minimum absolute atomic E-state index is 0. The predicted octanol–water partition coefficient (Wildman–Crippen LogP) is 3.07. The number of fused-ring (bicyclic) bond motifs is 1. The summed E-state index contributed by atoms with van der Waals surface area (Å²) in [6.45, 7) is -0.828. The van der Waals surface area contributed by atoms with Gasteiger partial charge in [-0.3, -0.25) is 4.79 Å². The fraction of sp³-hybridized carbons (Fsp3) is 0.474. The van der Waals surface area contributed by atoms with Gasteiger partial charge < -0.3 is 25.0 Å². The topological polar surface area (TPSA) is 97.8 Å². The van der Waals surface area contributed by atoms with Crippen molar-refractivity contribution in [3.8, 4) is 5.75 Å². The molecule has 31 heavy (non-hydrogen) atoms. The maximum absolute atomic E-state index is 15.1. The van der Waals surface area contributed by atoms with Gasteiger partial charge in [0.2, 0.25) is 5.43 Å². The van der Waals surface area contributed by atoms with Crippen LogP contribution in [0, 0.1) is 5.82 Å². The summed E-state index contributed by atoms with van der Waals surface area (Å²) in [5.41, 5.74) is 1.57. The predicted molar refractivity (Wildman–Crippen MR) is 107 cm³/mol. The van der Waals surface area contributed by atoms with E-state index < -0.39 is 47.5 Å². The number of halogens is 5. The molecule has 1 atom stereocenters. The molecule has 0 amide bonds. The SMILES string of the molecule is COc1c(N2CC[C@@](N)(C(F)(F)F)C2)c(F)cc2c(=O)c(C(=O)O)cn(C3CC3)c12.Cl. The monoisotopic (exact) mass is 465 g/mol. The molecule has 1 aromatic heterocycles. The number of carbonyl (C=O) groups is 1. The second-order valence-electron chi connectivity index (χ2n) is 7.78. The second-order valence-corrected chi connectivity index (χ2v) is 7.78. The van der Waals surface area contributed by atoms with E-state index in [4.69, 9.17) is 10.5 Å². The zero-order valence-corrected chi connectivity index (χ0v) is 17.1. The highest BCUT2D eigenvalue weighted by Gasteiger charge is 2.56. The van der Waals surface area contributed by atoms with E-state index in [0.717, 1.165) is 23.8 Å². The van der Waals surface area contributed by atoms with Gasteiger partial charge in [-0.25, -0.2) is 9.18 Å². The van der Waals surface area contributed by atoms with Crippen LogP contribution in [0.3, 0.4) is 0 Å². The van der Waals surface area contributed by atoms with Gasteiger partial charge in [-0.05, 0) is 25.3 Å². The number of alkyl halides is 3. The zero-order valence-electron chi connectivity index (χ0n) is 16.3. The summed E-state index contributed by atoms with van der Waals surface area (Å²) in [6.07, 6.45) is -2.48. The Labute approximate surface area is 179 Å². The van der Waals surface area contributed by atoms with E-state index in [-0.39, 0.29) is 47.3 Å². The number of pyridine rings is 1. The van der Waals surface area contributed by atoms with E-state index in [2.05, 4.69) is 0 Å². The number of rotatable bonds is 4. The molecular formula is C19H20ClF4N3O4. The summed E-state index contributed by atoms with van der Waals surface area (Å²) in [7, 11) is 1.22. The van der Waals surface area contributed by atoms with Gasteiger partial charge in [0.05, 0.1) is 18.0 Å². The first kappa shape index (κ1) is 23.1. The Balaban J connectivity index is 0.00000272. The molecule has 170 valence electrons. The lowest BCUT2D eigenvalue weighted by atomic mass is 10.00. The maximum Gasteiger partial charge on any atom is 0.408 e. The summed E-state index contributed by atoms with van der Waals surface area (Å²) < 4.78 is 62.0. The van der Waals surface area contributed by atoms with Crippen molar-refractivity contribution < 1.29 is 32.2 Å². The smallest absolute Gasteiger partial charge is 0.408 e. The standard InChI is InChI=1S/C19H19F4N3O4.ClH/c1-30-16-13-10(15(27)11(17(28)29)7-26(13)9-2-3-9)6-12(20)14(16)25-5-4-18(24,8-25)19(21,22)23;/h6-7,9H,2-5,8,24H2,1H3,(H,28,29);1H/t18-;/m0./s1. The van der Waals surface area contributed by atoms with Crippen molar-refractivity contribution in [3.63, 3.8) is 0 Å². The number of aromatic carboxylic acids is 1. The third kappa shape index (κ3) is 3.59. The van der Waals surface area contributed by atoms with Gasteiger partial charge in [-0.2, -0.15) is 13.2 Å². The molecule has 7 nitrogen and oxygen atoms in total. The lowest BCUT2D eigenvalue weighted by Crippen LogP contribution is -2.55. The van der Waals surface area contributed by atoms with Crippen LogP contribution >= 0.6 is 12.4 Å². The fourth-order valence-corrected chi connectivity index (χ4v) is 3.98. The molecule has 2 aliphatic rings. The minimum atomic E-state index is -4.67. The Morgan fingerprint density at radius 3 is 2.48 bits per heavy atom. The molecule has 0 spiro atoms. The summed E-state index contributed by atoms with van der Waals surface area (Å²) in [5.74, 6) is -2.54. The summed E-state index contributed by atoms with van der Waals surface area (Å²) in [5, 5.41) is 9.14. The van der Waals surface area contributed by atoms with Crippen LogP contribution in [-0.4, -0.2) is 47.6 Å². The van der Waals surface area contributed by atoms with Crippen molar-refractivity contribution in [2.45, 2.75) is 37.0 Å². The zero-order chi connectivity index (χ0) is 22.0. The average molecular weight is 466 g/mol. The molecule has 12 heteroatoms. The Morgan fingerprint density at radius 2 is 2.00 bits per heavy atom. The van der Waals surface area contributed by atoms with Crippen molar-refractivity contribution >= 4 is 35.0 Å². The highest BCUT2D eigenvalue weighted by Crippen LogP contribution is 2.46. The van der Waals surface area contributed by atoms with E-state index in [1.165, 1.54) is 17.9 Å². The average Bonchev–Trinajstić information content (AvgIpc) is 3.42. The van der Waals surface area contributed by atoms with Crippen molar-refractivity contribution in [1.82, 2.24) is 4.57 Å². The number of carboxylic acids is 1. The second kappa shape index (κ2) is 7.56. The number of benzene rings is 1. The first-order chi connectivity index (χ1) is 14.0. The third-order valence-corrected chi connectivity index (χ3v) is 5.75. The van der Waals surface area contributed by atoms with Gasteiger partial charge in [0.1, 0.15) is 16.8 Å². The van der Waals surface area contributed by atoms with Crippen molar-refractivity contribution in [1.29, 1.82) is 0 Å². The fourth-order valence-electron chi connectivity index (χ4n) is 3.98. The number of hydrogen-bond acceptors (Lipinski definition) is 5. The molecule has 4 rings (SSSR count). The van der Waals surface area contributed by atoms with Gasteiger partial charge in [0, 0.05) is 25.3 Å². The molecule has 0 unspecified atom stereocenters. The summed E-state index contributed by atoms with van der Waals surface area (Å²) >= 11 is 0. The van der Waals surface area contributed by atoms with Gasteiger partial charge in [0.15, 0.2) is 11.6 Å². The van der Waals surface area contributed by atoms with Crippen LogP contribution in [0.5, 0.6) is 5.75 Å². The van der Waals surface area contributed by atoms with E-state index in [0.29, 0.717) is 0 Å². The first-order valence-corrected chi connectivity index (χ1v) is 9.27. The molecule has 1 aromatic carbocycles. The number of aromatic nitrogens is 1. The number of methoxy groups -OCH3 is 1. The van der Waals surface area contributed by atoms with Crippen molar-refractivity contribution in [2.75, 3.05) is 25.1 Å². The minimum Gasteiger partial charge on any atom is -0.492 e. The number of carboxylic acid groups (broad SMARTS) is 1. The highest BCUT2D eigenvalue weighted by molar-refractivity contribution is 5.97. The lowest BCUT2D eigenvalue weighted by Gasteiger charge is -2.29. The number of nitrogens with two attached hydrogens (primary N) is 1. The highest BCUT2D eigenvalue weighted by atomic mass is 35.5. The number of ether oxygens (including phenoxy) is 1. The molecule has 1 aliphatic heterocycles. The van der Waals surface area contributed by atoms with Crippen molar-refractivity contribution in [3.05, 3.63) is 33.9 Å². The molecule has 2 aromatic rings. The molecule has 3 N–H and O–H groups in total. The third-order valence-electron chi connectivity index (χ3n) is 5.75. The van der Waals surface area contributed by atoms with E-state index in [1.807, 2.05) is 0 Å². The van der Waals surface area contributed by atoms with Gasteiger partial charge in [-0.1, -0.05) is 0 Å². The van der Waals surface area contributed by atoms with E-state index >= 15 is 4.39 Å². The summed E-state index contributed by atoms with van der Waals surface area (Å²) in [6, 6.07) is 0.756. The van der Waals surface area contributed by atoms with E-state index in [9.17, 15) is 27.9 Å². The molecular weight excluding hydrogens is 446 g/mol. The summed E-state index contributed by atoms with van der Waals surface area (Å²) in [4.78, 5) is 25.3. The van der Waals surface area contributed by atoms with Gasteiger partial charge >= 0.3 is 12.1 Å². The normalized spacial score (nSPS) is 21.3. The van der Waals surface area contributed by atoms with Crippen LogP contribution in [0.2, 0.25) is 0 Å².